The largest absolute Gasteiger partial charge is 0.488 e. The maximum absolute atomic E-state index is 13.9. The Morgan fingerprint density at radius 3 is 2.71 bits per heavy atom. The van der Waals surface area contributed by atoms with Crippen molar-refractivity contribution in [3.8, 4) is 5.75 Å². The average Bonchev–Trinajstić information content (AvgIpc) is 2.46. The van der Waals surface area contributed by atoms with E-state index in [0.29, 0.717) is 16.1 Å². The maximum Gasteiger partial charge on any atom is 0.305 e. The highest BCUT2D eigenvalue weighted by molar-refractivity contribution is 9.08. The first kappa shape index (κ1) is 15.7. The van der Waals surface area contributed by atoms with Crippen LogP contribution < -0.4 is 4.74 Å². The van der Waals surface area contributed by atoms with Gasteiger partial charge in [-0.1, -0.05) is 39.7 Å². The van der Waals surface area contributed by atoms with Crippen LogP contribution in [0.5, 0.6) is 5.75 Å². The van der Waals surface area contributed by atoms with Gasteiger partial charge in [-0.25, -0.2) is 0 Å². The predicted molar refractivity (Wildman–Crippen MR) is 81.5 cm³/mol. The van der Waals surface area contributed by atoms with Gasteiger partial charge in [0.25, 0.3) is 0 Å². The number of nitro groups is 1. The molecule has 4 nitrogen and oxygen atoms in total. The molecule has 0 aliphatic carbocycles. The van der Waals surface area contributed by atoms with E-state index in [9.17, 15) is 14.5 Å². The normalized spacial score (nSPS) is 10.4. The van der Waals surface area contributed by atoms with Crippen LogP contribution in [0.15, 0.2) is 36.4 Å². The number of rotatable bonds is 5. The van der Waals surface area contributed by atoms with Crippen LogP contribution in [0.1, 0.15) is 11.1 Å². The van der Waals surface area contributed by atoms with Gasteiger partial charge in [-0.3, -0.25) is 10.1 Å². The summed E-state index contributed by atoms with van der Waals surface area (Å²) in [6.07, 6.45) is 0. The molecule has 0 heterocycles. The van der Waals surface area contributed by atoms with Gasteiger partial charge in [0.05, 0.1) is 4.92 Å². The van der Waals surface area contributed by atoms with Crippen molar-refractivity contribution in [2.75, 3.05) is 0 Å². The molecule has 110 valence electrons. The Kier molecular flexibility index (Phi) is 5.14. The summed E-state index contributed by atoms with van der Waals surface area (Å²) in [6.45, 7) is -0.102. The van der Waals surface area contributed by atoms with E-state index in [-0.39, 0.29) is 12.2 Å². The fourth-order valence-corrected chi connectivity index (χ4v) is 2.40. The van der Waals surface area contributed by atoms with Gasteiger partial charge in [0, 0.05) is 27.5 Å². The molecule has 0 saturated carbocycles. The van der Waals surface area contributed by atoms with Crippen LogP contribution in [0.3, 0.4) is 0 Å². The zero-order valence-electron chi connectivity index (χ0n) is 10.7. The topological polar surface area (TPSA) is 52.4 Å². The number of hydrogen-bond donors (Lipinski definition) is 0. The number of alkyl halides is 1. The lowest BCUT2D eigenvalue weighted by Crippen LogP contribution is -2.03. The smallest absolute Gasteiger partial charge is 0.305 e. The molecule has 0 saturated heterocycles. The molecule has 0 spiro atoms. The first-order valence-corrected chi connectivity index (χ1v) is 7.42. The Hall–Kier alpha value is -1.66. The van der Waals surface area contributed by atoms with E-state index in [4.69, 9.17) is 16.3 Å². The number of benzene rings is 2. The number of ether oxygens (including phenoxy) is 1. The highest BCUT2D eigenvalue weighted by Crippen LogP contribution is 2.27. The van der Waals surface area contributed by atoms with E-state index >= 15 is 0 Å². The maximum atomic E-state index is 13.9. The molecule has 0 radical (unpaired) electrons. The van der Waals surface area contributed by atoms with E-state index in [0.717, 1.165) is 11.6 Å². The minimum Gasteiger partial charge on any atom is -0.488 e. The molecule has 0 amide bonds. The summed E-state index contributed by atoms with van der Waals surface area (Å²) < 4.78 is 19.5. The Morgan fingerprint density at radius 1 is 1.29 bits per heavy atom. The van der Waals surface area contributed by atoms with Crippen molar-refractivity contribution < 1.29 is 14.1 Å². The molecule has 2 rings (SSSR count). The van der Waals surface area contributed by atoms with Crippen LogP contribution in [0.2, 0.25) is 5.02 Å². The second-order valence-electron chi connectivity index (χ2n) is 4.18. The van der Waals surface area contributed by atoms with Gasteiger partial charge in [-0.05, 0) is 18.2 Å². The molecular formula is C14H10BrClFNO3. The predicted octanol–water partition coefficient (Wildman–Crippen LogP) is 4.86. The highest BCUT2D eigenvalue weighted by Gasteiger charge is 2.17. The molecule has 0 fully saturated rings. The van der Waals surface area contributed by atoms with Crippen LogP contribution in [-0.2, 0) is 11.9 Å². The first-order chi connectivity index (χ1) is 10.0. The molecular weight excluding hydrogens is 365 g/mol. The third-order valence-electron chi connectivity index (χ3n) is 2.80. The van der Waals surface area contributed by atoms with Crippen molar-refractivity contribution in [2.24, 2.45) is 0 Å². The number of halogens is 3. The summed E-state index contributed by atoms with van der Waals surface area (Å²) in [5.41, 5.74) is 0.376. The minimum atomic E-state index is -0.878. The van der Waals surface area contributed by atoms with Gasteiger partial charge >= 0.3 is 5.69 Å². The molecule has 0 aliphatic rings. The second kappa shape index (κ2) is 6.87. The number of hydrogen-bond acceptors (Lipinski definition) is 3. The molecule has 2 aromatic rings. The van der Waals surface area contributed by atoms with Gasteiger partial charge in [0.1, 0.15) is 12.4 Å². The summed E-state index contributed by atoms with van der Waals surface area (Å²) in [7, 11) is 0. The quantitative estimate of drug-likeness (QED) is 0.426. The van der Waals surface area contributed by atoms with Gasteiger partial charge in [-0.15, -0.1) is 0 Å². The molecule has 2 aromatic carbocycles. The van der Waals surface area contributed by atoms with Crippen molar-refractivity contribution in [3.63, 3.8) is 0 Å². The van der Waals surface area contributed by atoms with Gasteiger partial charge in [0.2, 0.25) is 5.82 Å². The molecule has 0 atom stereocenters. The van der Waals surface area contributed by atoms with E-state index in [1.165, 1.54) is 12.1 Å². The number of nitro benzene ring substituents is 1. The SMILES string of the molecule is O=[N+]([O-])c1cccc(COc2ccc(Cl)cc2CBr)c1F. The lowest BCUT2D eigenvalue weighted by molar-refractivity contribution is -0.387. The third-order valence-corrected chi connectivity index (χ3v) is 3.64. The average molecular weight is 375 g/mol. The Morgan fingerprint density at radius 2 is 2.05 bits per heavy atom. The third kappa shape index (κ3) is 3.71. The minimum absolute atomic E-state index is 0.102. The summed E-state index contributed by atoms with van der Waals surface area (Å²) in [6, 6.07) is 9.06. The zero-order chi connectivity index (χ0) is 15.4. The van der Waals surface area contributed by atoms with Crippen molar-refractivity contribution >= 4 is 33.2 Å². The van der Waals surface area contributed by atoms with Crippen LogP contribution in [0, 0.1) is 15.9 Å². The van der Waals surface area contributed by atoms with Gasteiger partial charge in [0.15, 0.2) is 0 Å². The molecule has 21 heavy (non-hydrogen) atoms. The van der Waals surface area contributed by atoms with E-state index in [1.807, 2.05) is 0 Å². The summed E-state index contributed by atoms with van der Waals surface area (Å²) >= 11 is 9.19. The van der Waals surface area contributed by atoms with Gasteiger partial charge in [-0.2, -0.15) is 4.39 Å². The summed E-state index contributed by atoms with van der Waals surface area (Å²) in [4.78, 5) is 9.93. The molecule has 0 aromatic heterocycles. The van der Waals surface area contributed by atoms with Crippen molar-refractivity contribution in [1.29, 1.82) is 0 Å². The fourth-order valence-electron chi connectivity index (χ4n) is 1.77. The Labute approximate surface area is 133 Å². The van der Waals surface area contributed by atoms with E-state index in [1.54, 1.807) is 18.2 Å². The molecule has 7 heteroatoms. The molecule has 0 unspecified atom stereocenters. The number of nitrogens with zero attached hydrogens (tertiary/aromatic N) is 1. The molecule has 0 bridgehead atoms. The van der Waals surface area contributed by atoms with Crippen LogP contribution in [-0.4, -0.2) is 4.92 Å². The summed E-state index contributed by atoms with van der Waals surface area (Å²) in [5.74, 6) is -0.334. The monoisotopic (exact) mass is 373 g/mol. The van der Waals surface area contributed by atoms with Crippen LogP contribution in [0.4, 0.5) is 10.1 Å². The first-order valence-electron chi connectivity index (χ1n) is 5.92. The van der Waals surface area contributed by atoms with Crippen molar-refractivity contribution in [3.05, 3.63) is 68.5 Å². The molecule has 0 aliphatic heterocycles. The van der Waals surface area contributed by atoms with Crippen molar-refractivity contribution in [2.45, 2.75) is 11.9 Å². The second-order valence-corrected chi connectivity index (χ2v) is 5.18. The zero-order valence-corrected chi connectivity index (χ0v) is 13.0. The van der Waals surface area contributed by atoms with Crippen LogP contribution >= 0.6 is 27.5 Å². The van der Waals surface area contributed by atoms with E-state index < -0.39 is 16.4 Å². The fraction of sp³-hybridized carbons (Fsp3) is 0.143. The summed E-state index contributed by atoms with van der Waals surface area (Å²) in [5, 5.41) is 11.8. The van der Waals surface area contributed by atoms with Gasteiger partial charge < -0.3 is 4.74 Å². The Bertz CT molecular complexity index is 681. The van der Waals surface area contributed by atoms with Crippen molar-refractivity contribution in [1.82, 2.24) is 0 Å². The highest BCUT2D eigenvalue weighted by atomic mass is 79.9. The lowest BCUT2D eigenvalue weighted by atomic mass is 10.2. The van der Waals surface area contributed by atoms with E-state index in [2.05, 4.69) is 15.9 Å². The lowest BCUT2D eigenvalue weighted by Gasteiger charge is -2.11. The Balaban J connectivity index is 2.21. The standard InChI is InChI=1S/C14H10BrClFNO3/c15-7-10-6-11(16)4-5-13(10)21-8-9-2-1-3-12(14(9)17)18(19)20/h1-6H,7-8H2. The molecule has 0 N–H and O–H groups in total. The van der Waals surface area contributed by atoms with Crippen LogP contribution in [0.25, 0.3) is 0 Å².